The van der Waals surface area contributed by atoms with Crippen LogP contribution in [0.25, 0.3) is 0 Å². The van der Waals surface area contributed by atoms with E-state index >= 15 is 0 Å². The van der Waals surface area contributed by atoms with Gasteiger partial charge in [-0.3, -0.25) is 10.1 Å². The molecule has 0 bridgehead atoms. The molecule has 5 rings (SSSR count). The number of anilines is 2. The maximum Gasteiger partial charge on any atom is 0.335 e. The number of nitrogens with one attached hydrogen (secondary N) is 3. The maximum absolute atomic E-state index is 13.5. The first-order valence-electron chi connectivity index (χ1n) is 11.9. The molecular weight excluding hydrogens is 496 g/mol. The van der Waals surface area contributed by atoms with Crippen LogP contribution in [0.4, 0.5) is 11.8 Å². The first kappa shape index (κ1) is 24.5. The lowest BCUT2D eigenvalue weighted by molar-refractivity contribution is -0.113. The van der Waals surface area contributed by atoms with Crippen LogP contribution in [0.1, 0.15) is 58.7 Å². The number of oxazole rings is 1. The molecule has 2 aromatic heterocycles. The van der Waals surface area contributed by atoms with Crippen molar-refractivity contribution in [2.24, 2.45) is 4.99 Å². The van der Waals surface area contributed by atoms with Crippen LogP contribution in [0.5, 0.6) is 0 Å². The van der Waals surface area contributed by atoms with Crippen molar-refractivity contribution in [1.29, 1.82) is 0 Å². The standard InChI is InChI=1S/C26H25ClN6O4/c1-13-7-8-16(17(27)11-13)22-21(23(34)31-20-12-15(24(35)36)9-10-28-20)14(2)29-25(32-22)33-26-30-18-5-3-4-6-19(18)37-26/h7-12,22H,3-6H2,1-2H3,(H,35,36)(H,28,31,34)(H2,29,30,32,33). The van der Waals surface area contributed by atoms with Gasteiger partial charge in [0.05, 0.1) is 16.8 Å². The van der Waals surface area contributed by atoms with Gasteiger partial charge in [0, 0.05) is 28.9 Å². The molecule has 0 radical (unpaired) electrons. The highest BCUT2D eigenvalue weighted by Crippen LogP contribution is 2.36. The number of fused-ring (bicyclic) bond motifs is 1. The number of carbonyl (C=O) groups excluding carboxylic acids is 1. The molecule has 1 amide bonds. The molecule has 0 saturated carbocycles. The van der Waals surface area contributed by atoms with Crippen molar-refractivity contribution < 1.29 is 19.1 Å². The predicted molar refractivity (Wildman–Crippen MR) is 139 cm³/mol. The molecule has 4 N–H and O–H groups in total. The molecule has 0 saturated heterocycles. The highest BCUT2D eigenvalue weighted by molar-refractivity contribution is 6.31. The van der Waals surface area contributed by atoms with E-state index < -0.39 is 17.9 Å². The average Bonchev–Trinajstić information content (AvgIpc) is 3.26. The molecule has 10 nitrogen and oxygen atoms in total. The van der Waals surface area contributed by atoms with E-state index in [-0.39, 0.29) is 11.4 Å². The zero-order valence-electron chi connectivity index (χ0n) is 20.3. The number of carboxylic acids is 1. The first-order chi connectivity index (χ1) is 17.8. The van der Waals surface area contributed by atoms with E-state index in [2.05, 4.69) is 25.9 Å². The average molecular weight is 521 g/mol. The van der Waals surface area contributed by atoms with Crippen LogP contribution in [0.2, 0.25) is 5.02 Å². The summed E-state index contributed by atoms with van der Waals surface area (Å²) in [5.41, 5.74) is 3.40. The van der Waals surface area contributed by atoms with Gasteiger partial charge < -0.3 is 20.2 Å². The number of pyridine rings is 1. The second-order valence-electron chi connectivity index (χ2n) is 8.98. The molecule has 11 heteroatoms. The highest BCUT2D eigenvalue weighted by Gasteiger charge is 2.31. The smallest absolute Gasteiger partial charge is 0.335 e. The van der Waals surface area contributed by atoms with Crippen molar-refractivity contribution in [3.8, 4) is 0 Å². The van der Waals surface area contributed by atoms with Crippen LogP contribution in [0.15, 0.2) is 57.2 Å². The van der Waals surface area contributed by atoms with Gasteiger partial charge in [-0.05, 0) is 56.9 Å². The highest BCUT2D eigenvalue weighted by atomic mass is 35.5. The number of amides is 1. The number of allylic oxidation sites excluding steroid dienone is 1. The maximum atomic E-state index is 13.5. The summed E-state index contributed by atoms with van der Waals surface area (Å²) >= 11 is 6.60. The predicted octanol–water partition coefficient (Wildman–Crippen LogP) is 4.63. The van der Waals surface area contributed by atoms with Gasteiger partial charge in [-0.25, -0.2) is 14.8 Å². The molecule has 3 aromatic rings. The Morgan fingerprint density at radius 3 is 2.73 bits per heavy atom. The van der Waals surface area contributed by atoms with Crippen LogP contribution < -0.4 is 16.0 Å². The molecule has 2 aliphatic rings. The number of benzene rings is 1. The molecule has 1 aromatic carbocycles. The number of guanidine groups is 1. The van der Waals surface area contributed by atoms with Gasteiger partial charge >= 0.3 is 12.0 Å². The topological polar surface area (TPSA) is 142 Å². The number of aryl methyl sites for hydroxylation is 3. The minimum absolute atomic E-state index is 0.00838. The van der Waals surface area contributed by atoms with Gasteiger partial charge in [-0.15, -0.1) is 0 Å². The van der Waals surface area contributed by atoms with Crippen LogP contribution in [0, 0.1) is 6.92 Å². The lowest BCUT2D eigenvalue weighted by Gasteiger charge is -2.27. The molecule has 37 heavy (non-hydrogen) atoms. The normalized spacial score (nSPS) is 16.9. The van der Waals surface area contributed by atoms with Crippen LogP contribution in [-0.4, -0.2) is 32.9 Å². The summed E-state index contributed by atoms with van der Waals surface area (Å²) in [6.45, 7) is 3.68. The van der Waals surface area contributed by atoms with Crippen molar-refractivity contribution >= 4 is 41.3 Å². The Morgan fingerprint density at radius 2 is 1.97 bits per heavy atom. The summed E-state index contributed by atoms with van der Waals surface area (Å²) in [5.74, 6) is -0.259. The Hall–Kier alpha value is -4.18. The van der Waals surface area contributed by atoms with Crippen LogP contribution in [0.3, 0.4) is 0 Å². The molecule has 1 aliphatic carbocycles. The molecule has 190 valence electrons. The number of rotatable bonds is 5. The van der Waals surface area contributed by atoms with E-state index in [4.69, 9.17) is 21.0 Å². The van der Waals surface area contributed by atoms with Crippen molar-refractivity contribution in [2.45, 2.75) is 45.6 Å². The zero-order chi connectivity index (χ0) is 26.1. The lowest BCUT2D eigenvalue weighted by Crippen LogP contribution is -2.37. The molecule has 0 fully saturated rings. The second-order valence-corrected chi connectivity index (χ2v) is 9.39. The van der Waals surface area contributed by atoms with Gasteiger partial charge in [0.25, 0.3) is 5.91 Å². The number of aromatic nitrogens is 2. The van der Waals surface area contributed by atoms with Crippen LogP contribution in [-0.2, 0) is 17.6 Å². The Balaban J connectivity index is 1.48. The van der Waals surface area contributed by atoms with E-state index in [0.717, 1.165) is 42.7 Å². The molecule has 1 unspecified atom stereocenters. The van der Waals surface area contributed by atoms with Gasteiger partial charge in [-0.1, -0.05) is 23.7 Å². The van der Waals surface area contributed by atoms with E-state index in [9.17, 15) is 14.7 Å². The Kier molecular flexibility index (Phi) is 6.66. The van der Waals surface area contributed by atoms with Crippen molar-refractivity contribution in [3.05, 3.63) is 81.0 Å². The van der Waals surface area contributed by atoms with Gasteiger partial charge in [0.15, 0.2) is 0 Å². The molecule has 3 heterocycles. The number of nitrogens with zero attached hydrogens (tertiary/aromatic N) is 3. The van der Waals surface area contributed by atoms with Crippen molar-refractivity contribution in [3.63, 3.8) is 0 Å². The van der Waals surface area contributed by atoms with E-state index in [0.29, 0.717) is 33.8 Å². The fraction of sp³-hybridized carbons (Fsp3) is 0.269. The Morgan fingerprint density at radius 1 is 1.16 bits per heavy atom. The fourth-order valence-corrected chi connectivity index (χ4v) is 4.77. The third-order valence-electron chi connectivity index (χ3n) is 6.26. The van der Waals surface area contributed by atoms with Crippen LogP contribution >= 0.6 is 11.6 Å². The number of carbonyl (C=O) groups is 2. The lowest BCUT2D eigenvalue weighted by atomic mass is 9.95. The number of halogens is 1. The van der Waals surface area contributed by atoms with Gasteiger partial charge in [-0.2, -0.15) is 4.98 Å². The SMILES string of the molecule is CC1=C(C(=O)Nc2cc(C(=O)O)ccn2)C(c2ccc(C)cc2Cl)N=C(Nc2nc3c(o2)CCCC3)N1. The third kappa shape index (κ3) is 5.19. The summed E-state index contributed by atoms with van der Waals surface area (Å²) in [7, 11) is 0. The molecular formula is C26H25ClN6O4. The summed E-state index contributed by atoms with van der Waals surface area (Å²) in [5, 5.41) is 18.6. The summed E-state index contributed by atoms with van der Waals surface area (Å²) in [6, 6.07) is 7.76. The first-order valence-corrected chi connectivity index (χ1v) is 12.2. The Bertz CT molecular complexity index is 1440. The van der Waals surface area contributed by atoms with E-state index in [1.54, 1.807) is 6.92 Å². The minimum atomic E-state index is -1.12. The van der Waals surface area contributed by atoms with E-state index in [1.807, 2.05) is 25.1 Å². The quantitative estimate of drug-likeness (QED) is 0.381. The zero-order valence-corrected chi connectivity index (χ0v) is 21.0. The van der Waals surface area contributed by atoms with Gasteiger partial charge in [0.2, 0.25) is 5.96 Å². The minimum Gasteiger partial charge on any atom is -0.478 e. The molecule has 1 aliphatic heterocycles. The van der Waals surface area contributed by atoms with E-state index in [1.165, 1.54) is 18.3 Å². The number of hydrogen-bond acceptors (Lipinski definition) is 8. The monoisotopic (exact) mass is 520 g/mol. The fourth-order valence-electron chi connectivity index (χ4n) is 4.44. The molecule has 1 atom stereocenters. The number of aliphatic imine (C=N–C) groups is 1. The Labute approximate surface area is 217 Å². The molecule has 0 spiro atoms. The largest absolute Gasteiger partial charge is 0.478 e. The van der Waals surface area contributed by atoms with Crippen molar-refractivity contribution in [2.75, 3.05) is 10.6 Å². The summed E-state index contributed by atoms with van der Waals surface area (Å²) < 4.78 is 5.89. The summed E-state index contributed by atoms with van der Waals surface area (Å²) in [6.07, 6.45) is 5.20. The van der Waals surface area contributed by atoms with Gasteiger partial charge in [0.1, 0.15) is 17.6 Å². The number of aromatic carboxylic acids is 1. The van der Waals surface area contributed by atoms with Crippen molar-refractivity contribution in [1.82, 2.24) is 15.3 Å². The number of carboxylic acid groups (broad SMARTS) is 1. The summed E-state index contributed by atoms with van der Waals surface area (Å²) in [4.78, 5) is 38.2. The second kappa shape index (κ2) is 10.1. The number of hydrogen-bond donors (Lipinski definition) is 4. The third-order valence-corrected chi connectivity index (χ3v) is 6.58.